The number of carbonyl (C=O) groups excluding carboxylic acids is 2. The topological polar surface area (TPSA) is 87.9 Å². The molecule has 37 heavy (non-hydrogen) atoms. The van der Waals surface area contributed by atoms with Crippen LogP contribution in [0.3, 0.4) is 0 Å². The van der Waals surface area contributed by atoms with E-state index in [1.165, 1.54) is 32.1 Å². The zero-order valence-corrected chi connectivity index (χ0v) is 23.1. The standard InChI is InChI=1S/C29H42N4O4/c1-28(2,3)20-15-21(19-9-7-6-8-10-19)31-22-16-24(37-25(20)22)27(35)33-13-12-32(18-29(33,4)5)26(34)23-17-36-14-11-30-23/h15-16,19,23,30H,6-14,17-18H2,1-5H3/t23-/m1/s1. The smallest absolute Gasteiger partial charge is 0.290 e. The van der Waals surface area contributed by atoms with E-state index >= 15 is 0 Å². The minimum Gasteiger partial charge on any atom is -0.449 e. The van der Waals surface area contributed by atoms with Gasteiger partial charge in [0.05, 0.1) is 18.8 Å². The first-order valence-corrected chi connectivity index (χ1v) is 13.9. The number of hydrogen-bond donors (Lipinski definition) is 1. The van der Waals surface area contributed by atoms with E-state index in [0.717, 1.165) is 16.8 Å². The number of hydrogen-bond acceptors (Lipinski definition) is 6. The molecule has 1 aliphatic carbocycles. The van der Waals surface area contributed by atoms with Gasteiger partial charge in [-0.05, 0) is 38.2 Å². The molecule has 1 atom stereocenters. The lowest BCUT2D eigenvalue weighted by molar-refractivity contribution is -0.140. The van der Waals surface area contributed by atoms with Gasteiger partial charge in [-0.15, -0.1) is 0 Å². The fourth-order valence-electron chi connectivity index (χ4n) is 6.11. The van der Waals surface area contributed by atoms with Gasteiger partial charge in [0, 0.05) is 49.4 Å². The molecule has 2 amide bonds. The number of furan rings is 1. The van der Waals surface area contributed by atoms with E-state index in [0.29, 0.717) is 56.7 Å². The average molecular weight is 511 g/mol. The van der Waals surface area contributed by atoms with Crippen molar-refractivity contribution in [3.63, 3.8) is 0 Å². The second-order valence-corrected chi connectivity index (χ2v) is 12.6. The first-order chi connectivity index (χ1) is 17.5. The van der Waals surface area contributed by atoms with Crippen molar-refractivity contribution in [3.05, 3.63) is 29.2 Å². The second kappa shape index (κ2) is 10.0. The zero-order valence-electron chi connectivity index (χ0n) is 23.1. The van der Waals surface area contributed by atoms with E-state index in [-0.39, 0.29) is 23.3 Å². The van der Waals surface area contributed by atoms with Gasteiger partial charge < -0.3 is 24.3 Å². The Hall–Kier alpha value is -2.45. The number of nitrogens with one attached hydrogen (secondary N) is 1. The Kier molecular flexibility index (Phi) is 7.09. The van der Waals surface area contributed by atoms with Crippen molar-refractivity contribution in [2.24, 2.45) is 0 Å². The van der Waals surface area contributed by atoms with Crippen LogP contribution in [-0.2, 0) is 14.9 Å². The van der Waals surface area contributed by atoms with Crippen LogP contribution in [0.15, 0.2) is 16.5 Å². The van der Waals surface area contributed by atoms with Crippen molar-refractivity contribution in [3.8, 4) is 0 Å². The molecule has 0 spiro atoms. The summed E-state index contributed by atoms with van der Waals surface area (Å²) in [5.41, 5.74) is 3.05. The Balaban J connectivity index is 1.40. The first-order valence-electron chi connectivity index (χ1n) is 13.9. The minimum absolute atomic E-state index is 0.0397. The average Bonchev–Trinajstić information content (AvgIpc) is 3.31. The number of piperazine rings is 1. The molecule has 2 aliphatic heterocycles. The van der Waals surface area contributed by atoms with Crippen LogP contribution in [0.1, 0.15) is 94.5 Å². The Bertz CT molecular complexity index is 1150. The molecular formula is C29H42N4O4. The number of rotatable bonds is 3. The molecule has 0 aromatic carbocycles. The molecule has 2 aromatic heterocycles. The van der Waals surface area contributed by atoms with Gasteiger partial charge in [0.15, 0.2) is 11.3 Å². The van der Waals surface area contributed by atoms with E-state index in [1.807, 2.05) is 29.7 Å². The lowest BCUT2D eigenvalue weighted by Crippen LogP contribution is -2.64. The lowest BCUT2D eigenvalue weighted by atomic mass is 9.82. The van der Waals surface area contributed by atoms with Gasteiger partial charge in [-0.25, -0.2) is 4.98 Å². The maximum absolute atomic E-state index is 13.8. The van der Waals surface area contributed by atoms with Crippen LogP contribution >= 0.6 is 0 Å². The van der Waals surface area contributed by atoms with E-state index in [9.17, 15) is 9.59 Å². The van der Waals surface area contributed by atoms with Crippen LogP contribution in [0.4, 0.5) is 0 Å². The van der Waals surface area contributed by atoms with Gasteiger partial charge in [-0.3, -0.25) is 9.59 Å². The Morgan fingerprint density at radius 2 is 1.86 bits per heavy atom. The molecule has 4 heterocycles. The van der Waals surface area contributed by atoms with Crippen LogP contribution in [0.5, 0.6) is 0 Å². The summed E-state index contributed by atoms with van der Waals surface area (Å²) in [4.78, 5) is 35.5. The van der Waals surface area contributed by atoms with Crippen LogP contribution < -0.4 is 5.32 Å². The number of ether oxygens (including phenoxy) is 1. The quantitative estimate of drug-likeness (QED) is 0.665. The number of morpholine rings is 1. The molecule has 8 heteroatoms. The largest absolute Gasteiger partial charge is 0.449 e. The monoisotopic (exact) mass is 510 g/mol. The highest BCUT2D eigenvalue weighted by Gasteiger charge is 2.41. The summed E-state index contributed by atoms with van der Waals surface area (Å²) >= 11 is 0. The minimum atomic E-state index is -0.535. The Labute approximate surface area is 220 Å². The molecule has 5 rings (SSSR count). The van der Waals surface area contributed by atoms with Gasteiger partial charge in [0.25, 0.3) is 5.91 Å². The molecule has 8 nitrogen and oxygen atoms in total. The second-order valence-electron chi connectivity index (χ2n) is 12.6. The molecule has 0 radical (unpaired) electrons. The van der Waals surface area contributed by atoms with Crippen LogP contribution in [0.2, 0.25) is 0 Å². The summed E-state index contributed by atoms with van der Waals surface area (Å²) in [7, 11) is 0. The van der Waals surface area contributed by atoms with Crippen molar-refractivity contribution in [2.75, 3.05) is 39.4 Å². The van der Waals surface area contributed by atoms with E-state index in [2.05, 4.69) is 32.2 Å². The third kappa shape index (κ3) is 5.28. The number of aromatic nitrogens is 1. The molecular weight excluding hydrogens is 468 g/mol. The summed E-state index contributed by atoms with van der Waals surface area (Å²) in [6.45, 7) is 13.7. The highest BCUT2D eigenvalue weighted by Crippen LogP contribution is 2.38. The van der Waals surface area contributed by atoms with Crippen LogP contribution in [-0.4, -0.2) is 77.6 Å². The SMILES string of the molecule is CC(C)(C)c1cc(C2CCCCC2)nc2cc(C(=O)N3CCN(C(=O)[C@H]4COCCN4)CC3(C)C)oc12. The fourth-order valence-corrected chi connectivity index (χ4v) is 6.11. The molecule has 2 saturated heterocycles. The normalized spacial score (nSPS) is 23.4. The summed E-state index contributed by atoms with van der Waals surface area (Å²) < 4.78 is 11.8. The number of fused-ring (bicyclic) bond motifs is 1. The van der Waals surface area contributed by atoms with Crippen molar-refractivity contribution >= 4 is 22.9 Å². The van der Waals surface area contributed by atoms with Gasteiger partial charge in [-0.2, -0.15) is 0 Å². The van der Waals surface area contributed by atoms with E-state index in [4.69, 9.17) is 14.1 Å². The predicted molar refractivity (Wildman–Crippen MR) is 143 cm³/mol. The molecule has 3 fully saturated rings. The molecule has 0 bridgehead atoms. The highest BCUT2D eigenvalue weighted by atomic mass is 16.5. The molecule has 1 saturated carbocycles. The maximum atomic E-state index is 13.8. The predicted octanol–water partition coefficient (Wildman–Crippen LogP) is 4.22. The third-order valence-electron chi connectivity index (χ3n) is 8.22. The summed E-state index contributed by atoms with van der Waals surface area (Å²) in [6.07, 6.45) is 6.14. The van der Waals surface area contributed by atoms with Gasteiger partial charge in [0.1, 0.15) is 11.6 Å². The number of amides is 2. The first kappa shape index (κ1) is 26.2. The Morgan fingerprint density at radius 3 is 2.51 bits per heavy atom. The van der Waals surface area contributed by atoms with Gasteiger partial charge in [0.2, 0.25) is 5.91 Å². The summed E-state index contributed by atoms with van der Waals surface area (Å²) in [5, 5.41) is 3.24. The van der Waals surface area contributed by atoms with Crippen LogP contribution in [0, 0.1) is 0 Å². The molecule has 2 aromatic rings. The van der Waals surface area contributed by atoms with Gasteiger partial charge in [-0.1, -0.05) is 40.0 Å². The fraction of sp³-hybridized carbons (Fsp3) is 0.690. The molecule has 1 N–H and O–H groups in total. The maximum Gasteiger partial charge on any atom is 0.290 e. The van der Waals surface area contributed by atoms with E-state index < -0.39 is 5.54 Å². The third-order valence-corrected chi connectivity index (χ3v) is 8.22. The van der Waals surface area contributed by atoms with Gasteiger partial charge >= 0.3 is 0 Å². The van der Waals surface area contributed by atoms with Crippen molar-refractivity contribution in [1.29, 1.82) is 0 Å². The number of nitrogens with zero attached hydrogens (tertiary/aromatic N) is 3. The molecule has 0 unspecified atom stereocenters. The zero-order chi connectivity index (χ0) is 26.4. The van der Waals surface area contributed by atoms with E-state index in [1.54, 1.807) is 0 Å². The summed E-state index contributed by atoms with van der Waals surface area (Å²) in [6, 6.07) is 3.73. The molecule has 202 valence electrons. The summed E-state index contributed by atoms with van der Waals surface area (Å²) in [5.74, 6) is 0.692. The van der Waals surface area contributed by atoms with Crippen molar-refractivity contribution in [1.82, 2.24) is 20.1 Å². The lowest BCUT2D eigenvalue weighted by Gasteiger charge is -2.47. The Morgan fingerprint density at radius 1 is 1.11 bits per heavy atom. The van der Waals surface area contributed by atoms with Crippen molar-refractivity contribution in [2.45, 2.75) is 89.6 Å². The number of pyridine rings is 1. The highest BCUT2D eigenvalue weighted by molar-refractivity contribution is 5.96. The molecule has 3 aliphatic rings. The van der Waals surface area contributed by atoms with Crippen molar-refractivity contribution < 1.29 is 18.7 Å². The number of carbonyl (C=O) groups is 2. The van der Waals surface area contributed by atoms with Crippen LogP contribution in [0.25, 0.3) is 11.1 Å².